The number of hydrogen-bond acceptors (Lipinski definition) is 4. The molecule has 1 N–H and O–H groups in total. The molecule has 0 aliphatic carbocycles. The van der Waals surface area contributed by atoms with E-state index in [-0.39, 0.29) is 11.7 Å². The third-order valence-electron chi connectivity index (χ3n) is 7.20. The largest absolute Gasteiger partial charge is 0.373 e. The summed E-state index contributed by atoms with van der Waals surface area (Å²) in [5.41, 5.74) is 6.26. The lowest BCUT2D eigenvalue weighted by Crippen LogP contribution is -2.34. The highest BCUT2D eigenvalue weighted by Gasteiger charge is 2.21. The molecule has 3 heterocycles. The summed E-state index contributed by atoms with van der Waals surface area (Å²) in [5, 5.41) is 7.92. The topological polar surface area (TPSA) is 46.0 Å². The SMILES string of the molecule is CCN1CCC(n2cc(-c3cnc(NC)c(CC(C)c4c(C)ccc(F)c4C)c3)cn2)CC1. The number of piperidine rings is 1. The second-order valence-corrected chi connectivity index (χ2v) is 9.36. The zero-order chi connectivity index (χ0) is 23.5. The summed E-state index contributed by atoms with van der Waals surface area (Å²) >= 11 is 0. The first-order valence-electron chi connectivity index (χ1n) is 12.1. The van der Waals surface area contributed by atoms with E-state index in [2.05, 4.69) is 47.9 Å². The van der Waals surface area contributed by atoms with Crippen molar-refractivity contribution in [3.05, 3.63) is 64.9 Å². The Hall–Kier alpha value is -2.73. The van der Waals surface area contributed by atoms with Gasteiger partial charge in [-0.1, -0.05) is 19.9 Å². The summed E-state index contributed by atoms with van der Waals surface area (Å²) in [6.45, 7) is 11.7. The molecule has 0 bridgehead atoms. The van der Waals surface area contributed by atoms with Crippen LogP contribution < -0.4 is 5.32 Å². The van der Waals surface area contributed by atoms with Gasteiger partial charge in [0.15, 0.2) is 0 Å². The van der Waals surface area contributed by atoms with Crippen LogP contribution in [0.5, 0.6) is 0 Å². The molecule has 2 aromatic heterocycles. The zero-order valence-corrected chi connectivity index (χ0v) is 20.5. The molecule has 1 saturated heterocycles. The number of nitrogens with one attached hydrogen (secondary N) is 1. The van der Waals surface area contributed by atoms with Gasteiger partial charge in [-0.3, -0.25) is 4.68 Å². The van der Waals surface area contributed by atoms with Crippen molar-refractivity contribution < 1.29 is 4.39 Å². The number of aryl methyl sites for hydroxylation is 1. The summed E-state index contributed by atoms with van der Waals surface area (Å²) in [5.74, 6) is 0.910. The Labute approximate surface area is 197 Å². The summed E-state index contributed by atoms with van der Waals surface area (Å²) < 4.78 is 16.4. The minimum absolute atomic E-state index is 0.139. The van der Waals surface area contributed by atoms with Crippen LogP contribution in [0.4, 0.5) is 10.2 Å². The van der Waals surface area contributed by atoms with E-state index in [4.69, 9.17) is 10.1 Å². The van der Waals surface area contributed by atoms with Gasteiger partial charge in [0.1, 0.15) is 11.6 Å². The van der Waals surface area contributed by atoms with Crippen LogP contribution in [0.3, 0.4) is 0 Å². The van der Waals surface area contributed by atoms with Gasteiger partial charge in [0.2, 0.25) is 0 Å². The number of halogens is 1. The molecule has 0 radical (unpaired) electrons. The lowest BCUT2D eigenvalue weighted by molar-refractivity contribution is 0.187. The normalized spacial score (nSPS) is 16.2. The van der Waals surface area contributed by atoms with Gasteiger partial charge in [0.05, 0.1) is 12.2 Å². The maximum atomic E-state index is 14.3. The molecule has 1 unspecified atom stereocenters. The third-order valence-corrected chi connectivity index (χ3v) is 7.20. The molecule has 3 aromatic rings. The minimum atomic E-state index is -0.139. The number of nitrogens with zero attached hydrogens (tertiary/aromatic N) is 4. The fourth-order valence-electron chi connectivity index (χ4n) is 5.26. The van der Waals surface area contributed by atoms with Gasteiger partial charge in [-0.05, 0) is 80.0 Å². The van der Waals surface area contributed by atoms with Crippen LogP contribution in [0.1, 0.15) is 60.9 Å². The first kappa shape index (κ1) is 23.4. The van der Waals surface area contributed by atoms with E-state index in [1.165, 1.54) is 0 Å². The fourth-order valence-corrected chi connectivity index (χ4v) is 5.26. The zero-order valence-electron chi connectivity index (χ0n) is 20.5. The molecule has 4 rings (SSSR count). The molecule has 1 atom stereocenters. The van der Waals surface area contributed by atoms with Crippen molar-refractivity contribution in [1.82, 2.24) is 19.7 Å². The van der Waals surface area contributed by atoms with Crippen molar-refractivity contribution in [1.29, 1.82) is 0 Å². The molecule has 1 fully saturated rings. The van der Waals surface area contributed by atoms with Crippen LogP contribution in [0, 0.1) is 19.7 Å². The molecule has 1 aromatic carbocycles. The number of benzene rings is 1. The first-order chi connectivity index (χ1) is 15.9. The molecule has 1 aliphatic rings. The number of aromatic nitrogens is 3. The Kier molecular flexibility index (Phi) is 7.13. The highest BCUT2D eigenvalue weighted by molar-refractivity contribution is 5.64. The van der Waals surface area contributed by atoms with Gasteiger partial charge in [0, 0.05) is 43.7 Å². The smallest absolute Gasteiger partial charge is 0.128 e. The lowest BCUT2D eigenvalue weighted by Gasteiger charge is -2.31. The predicted octanol–water partition coefficient (Wildman–Crippen LogP) is 5.75. The Morgan fingerprint density at radius 1 is 1.15 bits per heavy atom. The predicted molar refractivity (Wildman–Crippen MR) is 133 cm³/mol. The number of rotatable bonds is 7. The number of likely N-dealkylation sites (tertiary alicyclic amines) is 1. The molecule has 0 saturated carbocycles. The Balaban J connectivity index is 1.57. The molecular weight excluding hydrogens is 413 g/mol. The van der Waals surface area contributed by atoms with Crippen molar-refractivity contribution in [3.63, 3.8) is 0 Å². The number of hydrogen-bond donors (Lipinski definition) is 1. The summed E-state index contributed by atoms with van der Waals surface area (Å²) in [7, 11) is 1.90. The quantitative estimate of drug-likeness (QED) is 0.499. The first-order valence-corrected chi connectivity index (χ1v) is 12.1. The Morgan fingerprint density at radius 3 is 2.61 bits per heavy atom. The van der Waals surface area contributed by atoms with E-state index in [9.17, 15) is 4.39 Å². The molecule has 0 spiro atoms. The second-order valence-electron chi connectivity index (χ2n) is 9.36. The maximum absolute atomic E-state index is 14.3. The molecule has 33 heavy (non-hydrogen) atoms. The third kappa shape index (κ3) is 4.96. The average molecular weight is 450 g/mol. The van der Waals surface area contributed by atoms with Crippen LogP contribution in [0.25, 0.3) is 11.1 Å². The minimum Gasteiger partial charge on any atom is -0.373 e. The van der Waals surface area contributed by atoms with Crippen LogP contribution >= 0.6 is 0 Å². The van der Waals surface area contributed by atoms with Crippen molar-refractivity contribution in [3.8, 4) is 11.1 Å². The Bertz CT molecular complexity index is 1100. The molecule has 1 aliphatic heterocycles. The molecule has 176 valence electrons. The van der Waals surface area contributed by atoms with Gasteiger partial charge in [0.25, 0.3) is 0 Å². The van der Waals surface area contributed by atoms with E-state index in [0.29, 0.717) is 6.04 Å². The number of pyridine rings is 1. The lowest BCUT2D eigenvalue weighted by atomic mass is 9.87. The molecule has 5 nitrogen and oxygen atoms in total. The summed E-state index contributed by atoms with van der Waals surface area (Å²) in [6.07, 6.45) is 9.10. The van der Waals surface area contributed by atoms with Gasteiger partial charge in [-0.15, -0.1) is 0 Å². The van der Waals surface area contributed by atoms with E-state index in [1.54, 1.807) is 6.07 Å². The van der Waals surface area contributed by atoms with Crippen LogP contribution in [0.2, 0.25) is 0 Å². The standard InChI is InChI=1S/C27H36FN5/c1-6-32-11-9-24(10-12-32)33-17-23(16-31-33)22-14-21(27(29-5)30-15-22)13-19(3)26-18(2)7-8-25(28)20(26)4/h7-8,14-17,19,24H,6,9-13H2,1-5H3,(H,29,30). The monoisotopic (exact) mass is 449 g/mol. The van der Waals surface area contributed by atoms with Gasteiger partial charge in [-0.2, -0.15) is 5.10 Å². The number of anilines is 1. The highest BCUT2D eigenvalue weighted by atomic mass is 19.1. The summed E-state index contributed by atoms with van der Waals surface area (Å²) in [6, 6.07) is 6.11. The van der Waals surface area contributed by atoms with Crippen molar-refractivity contribution in [2.75, 3.05) is 32.0 Å². The van der Waals surface area contributed by atoms with E-state index >= 15 is 0 Å². The fraction of sp³-hybridized carbons (Fsp3) is 0.481. The van der Waals surface area contributed by atoms with E-state index in [0.717, 1.165) is 78.1 Å². The van der Waals surface area contributed by atoms with Gasteiger partial charge < -0.3 is 10.2 Å². The van der Waals surface area contributed by atoms with Crippen molar-refractivity contribution in [2.24, 2.45) is 0 Å². The Morgan fingerprint density at radius 2 is 1.91 bits per heavy atom. The van der Waals surface area contributed by atoms with Gasteiger partial charge in [-0.25, -0.2) is 9.37 Å². The van der Waals surface area contributed by atoms with E-state index in [1.807, 2.05) is 32.4 Å². The second kappa shape index (κ2) is 10.0. The highest BCUT2D eigenvalue weighted by Crippen LogP contribution is 2.32. The van der Waals surface area contributed by atoms with Crippen molar-refractivity contribution >= 4 is 5.82 Å². The molecule has 6 heteroatoms. The average Bonchev–Trinajstić information content (AvgIpc) is 3.32. The molecular formula is C27H36FN5. The maximum Gasteiger partial charge on any atom is 0.128 e. The van der Waals surface area contributed by atoms with Crippen LogP contribution in [-0.4, -0.2) is 46.3 Å². The van der Waals surface area contributed by atoms with Crippen LogP contribution in [-0.2, 0) is 6.42 Å². The van der Waals surface area contributed by atoms with Crippen molar-refractivity contribution in [2.45, 2.75) is 58.9 Å². The summed E-state index contributed by atoms with van der Waals surface area (Å²) in [4.78, 5) is 7.19. The van der Waals surface area contributed by atoms with Gasteiger partial charge >= 0.3 is 0 Å². The van der Waals surface area contributed by atoms with E-state index < -0.39 is 0 Å². The molecule has 0 amide bonds. The van der Waals surface area contributed by atoms with Crippen LogP contribution in [0.15, 0.2) is 36.8 Å².